The summed E-state index contributed by atoms with van der Waals surface area (Å²) in [5.74, 6) is -0.695. The van der Waals surface area contributed by atoms with E-state index >= 15 is 0 Å². The van der Waals surface area contributed by atoms with Gasteiger partial charge in [-0.05, 0) is 25.0 Å². The number of aromatic nitrogens is 1. The van der Waals surface area contributed by atoms with Crippen molar-refractivity contribution in [2.75, 3.05) is 34.3 Å². The number of carbonyl (C=O) groups is 3. The highest BCUT2D eigenvalue weighted by Gasteiger charge is 2.29. The quantitative estimate of drug-likeness (QED) is 0.816. The van der Waals surface area contributed by atoms with E-state index < -0.39 is 0 Å². The molecule has 2 rings (SSSR count). The molecule has 0 spiro atoms. The first-order valence-corrected chi connectivity index (χ1v) is 8.19. The van der Waals surface area contributed by atoms with Crippen LogP contribution in [0.5, 0.6) is 0 Å². The number of nitrogens with one attached hydrogen (secondary N) is 1. The predicted molar refractivity (Wildman–Crippen MR) is 90.8 cm³/mol. The van der Waals surface area contributed by atoms with Gasteiger partial charge >= 0.3 is 12.0 Å². The van der Waals surface area contributed by atoms with Crippen LogP contribution in [0.25, 0.3) is 0 Å². The minimum absolute atomic E-state index is 0.142. The first kappa shape index (κ1) is 18.7. The highest BCUT2D eigenvalue weighted by Crippen LogP contribution is 2.19. The van der Waals surface area contributed by atoms with Gasteiger partial charge in [-0.25, -0.2) is 4.79 Å². The molecule has 1 fully saturated rings. The number of hydrogen-bond donors (Lipinski definition) is 1. The van der Waals surface area contributed by atoms with Crippen molar-refractivity contribution in [2.45, 2.75) is 19.4 Å². The minimum atomic E-state index is -0.278. The summed E-state index contributed by atoms with van der Waals surface area (Å²) in [7, 11) is 4.66. The Kier molecular flexibility index (Phi) is 6.32. The van der Waals surface area contributed by atoms with Gasteiger partial charge in [0.05, 0.1) is 25.3 Å². The maximum atomic E-state index is 12.7. The second kappa shape index (κ2) is 8.46. The summed E-state index contributed by atoms with van der Waals surface area (Å²) >= 11 is 0. The average Bonchev–Trinajstić information content (AvgIpc) is 2.65. The lowest BCUT2D eigenvalue weighted by Gasteiger charge is -2.31. The fourth-order valence-electron chi connectivity index (χ4n) is 2.74. The van der Waals surface area contributed by atoms with E-state index in [1.165, 1.54) is 12.0 Å². The van der Waals surface area contributed by atoms with Crippen LogP contribution in [0.2, 0.25) is 0 Å². The standard InChI is InChI=1S/C17H24N4O4/c1-20(2)17(24)19-10-14-9-12(6-7-18-14)15(22)21-8-4-5-13(11-21)16(23)25-3/h6-7,9,13H,4-5,8,10-11H2,1-3H3,(H,19,24). The molecule has 1 unspecified atom stereocenters. The Morgan fingerprint density at radius 1 is 1.40 bits per heavy atom. The lowest BCUT2D eigenvalue weighted by Crippen LogP contribution is -2.42. The highest BCUT2D eigenvalue weighted by molar-refractivity contribution is 5.94. The lowest BCUT2D eigenvalue weighted by atomic mass is 9.97. The molecule has 25 heavy (non-hydrogen) atoms. The molecule has 1 aliphatic rings. The molecule has 3 amide bonds. The Morgan fingerprint density at radius 3 is 2.84 bits per heavy atom. The molecular weight excluding hydrogens is 324 g/mol. The largest absolute Gasteiger partial charge is 0.469 e. The molecule has 2 heterocycles. The second-order valence-electron chi connectivity index (χ2n) is 6.20. The van der Waals surface area contributed by atoms with E-state index in [9.17, 15) is 14.4 Å². The van der Waals surface area contributed by atoms with Gasteiger partial charge in [0.1, 0.15) is 0 Å². The smallest absolute Gasteiger partial charge is 0.317 e. The van der Waals surface area contributed by atoms with Crippen molar-refractivity contribution < 1.29 is 19.1 Å². The zero-order valence-corrected chi connectivity index (χ0v) is 14.8. The number of likely N-dealkylation sites (tertiary alicyclic amines) is 1. The summed E-state index contributed by atoms with van der Waals surface area (Å²) in [6, 6.07) is 3.08. The van der Waals surface area contributed by atoms with Crippen molar-refractivity contribution in [1.29, 1.82) is 0 Å². The number of carbonyl (C=O) groups excluding carboxylic acids is 3. The van der Waals surface area contributed by atoms with Crippen molar-refractivity contribution in [3.8, 4) is 0 Å². The van der Waals surface area contributed by atoms with Gasteiger partial charge in [-0.2, -0.15) is 0 Å². The molecule has 0 bridgehead atoms. The van der Waals surface area contributed by atoms with Crippen LogP contribution < -0.4 is 5.32 Å². The lowest BCUT2D eigenvalue weighted by molar-refractivity contribution is -0.146. The van der Waals surface area contributed by atoms with Crippen molar-refractivity contribution in [3.63, 3.8) is 0 Å². The van der Waals surface area contributed by atoms with Gasteiger partial charge in [-0.15, -0.1) is 0 Å². The first-order valence-electron chi connectivity index (χ1n) is 8.19. The molecule has 0 aliphatic carbocycles. The molecule has 0 aromatic carbocycles. The van der Waals surface area contributed by atoms with Crippen LogP contribution in [0.15, 0.2) is 18.3 Å². The average molecular weight is 348 g/mol. The number of methoxy groups -OCH3 is 1. The van der Waals surface area contributed by atoms with Crippen LogP contribution in [0.4, 0.5) is 4.79 Å². The second-order valence-corrected chi connectivity index (χ2v) is 6.20. The van der Waals surface area contributed by atoms with E-state index in [-0.39, 0.29) is 30.4 Å². The first-order chi connectivity index (χ1) is 11.9. The van der Waals surface area contributed by atoms with Gasteiger partial charge in [-0.1, -0.05) is 0 Å². The van der Waals surface area contributed by atoms with Crippen LogP contribution in [-0.2, 0) is 16.1 Å². The molecule has 1 saturated heterocycles. The molecule has 1 aromatic rings. The summed E-state index contributed by atoms with van der Waals surface area (Å²) in [6.07, 6.45) is 3.04. The van der Waals surface area contributed by atoms with E-state index in [1.54, 1.807) is 37.3 Å². The zero-order valence-electron chi connectivity index (χ0n) is 14.8. The van der Waals surface area contributed by atoms with Gasteiger partial charge in [0.25, 0.3) is 5.91 Å². The van der Waals surface area contributed by atoms with Gasteiger partial charge in [0.15, 0.2) is 0 Å². The molecule has 1 aliphatic heterocycles. The maximum absolute atomic E-state index is 12.7. The van der Waals surface area contributed by atoms with Crippen molar-refractivity contribution in [3.05, 3.63) is 29.6 Å². The summed E-state index contributed by atoms with van der Waals surface area (Å²) in [4.78, 5) is 43.3. The summed E-state index contributed by atoms with van der Waals surface area (Å²) in [6.45, 7) is 1.21. The zero-order chi connectivity index (χ0) is 18.4. The van der Waals surface area contributed by atoms with Crippen LogP contribution in [0.3, 0.4) is 0 Å². The summed E-state index contributed by atoms with van der Waals surface area (Å²) in [5, 5.41) is 2.71. The SMILES string of the molecule is COC(=O)C1CCCN(C(=O)c2ccnc(CNC(=O)N(C)C)c2)C1. The maximum Gasteiger partial charge on any atom is 0.317 e. The third-order valence-electron chi connectivity index (χ3n) is 4.13. The number of ether oxygens (including phenoxy) is 1. The molecule has 136 valence electrons. The van der Waals surface area contributed by atoms with Crippen LogP contribution in [0, 0.1) is 5.92 Å². The predicted octanol–water partition coefficient (Wildman–Crippen LogP) is 0.878. The molecule has 1 aromatic heterocycles. The molecule has 0 saturated carbocycles. The summed E-state index contributed by atoms with van der Waals surface area (Å²) < 4.78 is 4.79. The Labute approximate surface area is 147 Å². The summed E-state index contributed by atoms with van der Waals surface area (Å²) in [5.41, 5.74) is 1.09. The Bertz CT molecular complexity index is 647. The van der Waals surface area contributed by atoms with E-state index in [0.29, 0.717) is 24.3 Å². The van der Waals surface area contributed by atoms with Gasteiger partial charge in [0.2, 0.25) is 0 Å². The molecule has 0 radical (unpaired) electrons. The van der Waals surface area contributed by atoms with Crippen LogP contribution in [-0.4, -0.2) is 67.0 Å². The van der Waals surface area contributed by atoms with E-state index in [1.807, 2.05) is 0 Å². The fourth-order valence-corrected chi connectivity index (χ4v) is 2.74. The number of esters is 1. The third kappa shape index (κ3) is 4.91. The number of urea groups is 1. The van der Waals surface area contributed by atoms with Crippen LogP contribution >= 0.6 is 0 Å². The number of rotatable bonds is 4. The topological polar surface area (TPSA) is 91.8 Å². The Morgan fingerprint density at radius 2 is 2.16 bits per heavy atom. The molecule has 1 N–H and O–H groups in total. The van der Waals surface area contributed by atoms with E-state index in [2.05, 4.69) is 10.3 Å². The third-order valence-corrected chi connectivity index (χ3v) is 4.13. The fraction of sp³-hybridized carbons (Fsp3) is 0.529. The van der Waals surface area contributed by atoms with E-state index in [0.717, 1.165) is 12.8 Å². The molecule has 8 heteroatoms. The molecular formula is C17H24N4O4. The normalized spacial score (nSPS) is 16.9. The van der Waals surface area contributed by atoms with E-state index in [4.69, 9.17) is 4.74 Å². The van der Waals surface area contributed by atoms with Crippen molar-refractivity contribution >= 4 is 17.9 Å². The minimum Gasteiger partial charge on any atom is -0.469 e. The van der Waals surface area contributed by atoms with Gasteiger partial charge in [-0.3, -0.25) is 14.6 Å². The number of nitrogens with zero attached hydrogens (tertiary/aromatic N) is 3. The number of pyridine rings is 1. The Hall–Kier alpha value is -2.64. The van der Waals surface area contributed by atoms with Crippen LogP contribution in [0.1, 0.15) is 28.9 Å². The van der Waals surface area contributed by atoms with Gasteiger partial charge < -0.3 is 19.9 Å². The monoisotopic (exact) mass is 348 g/mol. The van der Waals surface area contributed by atoms with Crippen molar-refractivity contribution in [2.24, 2.45) is 5.92 Å². The number of piperidine rings is 1. The number of hydrogen-bond acceptors (Lipinski definition) is 5. The molecule has 1 atom stereocenters. The number of amides is 3. The highest BCUT2D eigenvalue weighted by atomic mass is 16.5. The van der Waals surface area contributed by atoms with Gasteiger partial charge in [0, 0.05) is 38.9 Å². The van der Waals surface area contributed by atoms with Crippen molar-refractivity contribution in [1.82, 2.24) is 20.1 Å². The Balaban J connectivity index is 2.03. The molecule has 8 nitrogen and oxygen atoms in total.